The maximum absolute atomic E-state index is 3.93. The molecule has 0 atom stereocenters. The van der Waals surface area contributed by atoms with Crippen molar-refractivity contribution in [3.05, 3.63) is 36.7 Å². The molecule has 0 amide bonds. The third-order valence-corrected chi connectivity index (χ3v) is 1.45. The zero-order valence-electron chi connectivity index (χ0n) is 8.36. The van der Waals surface area contributed by atoms with E-state index in [-0.39, 0.29) is 0 Å². The largest absolute Gasteiger partial charge is 0.325 e. The van der Waals surface area contributed by atoms with Crippen molar-refractivity contribution < 1.29 is 0 Å². The number of H-pyrrole nitrogens is 1. The van der Waals surface area contributed by atoms with Crippen molar-refractivity contribution in [2.45, 2.75) is 13.8 Å². The van der Waals surface area contributed by atoms with Crippen LogP contribution in [-0.2, 0) is 0 Å². The summed E-state index contributed by atoms with van der Waals surface area (Å²) >= 11 is 0. The van der Waals surface area contributed by atoms with Gasteiger partial charge in [-0.25, -0.2) is 5.10 Å². The molecule has 0 aliphatic heterocycles. The summed E-state index contributed by atoms with van der Waals surface area (Å²) in [7, 11) is 0. The zero-order chi connectivity index (χ0) is 10.2. The van der Waals surface area contributed by atoms with Crippen LogP contribution in [0.4, 0.5) is 11.6 Å². The molecule has 0 saturated heterocycles. The summed E-state index contributed by atoms with van der Waals surface area (Å²) in [6.07, 6.45) is 1.46. The van der Waals surface area contributed by atoms with E-state index in [1.165, 1.54) is 6.33 Å². The molecular weight excluding hydrogens is 176 g/mol. The van der Waals surface area contributed by atoms with Crippen LogP contribution in [0.1, 0.15) is 13.8 Å². The normalized spacial score (nSPS) is 8.71. The quantitative estimate of drug-likeness (QED) is 0.765. The van der Waals surface area contributed by atoms with Crippen molar-refractivity contribution in [2.24, 2.45) is 0 Å². The van der Waals surface area contributed by atoms with Crippen LogP contribution in [0.5, 0.6) is 0 Å². The smallest absolute Gasteiger partial charge is 0.222 e. The number of nitrogens with one attached hydrogen (secondary N) is 2. The SMILES string of the molecule is CC.c1ccc(Nc2ncn[nH]2)cc1. The Morgan fingerprint density at radius 2 is 1.86 bits per heavy atom. The van der Waals surface area contributed by atoms with E-state index in [0.29, 0.717) is 5.95 Å². The Kier molecular flexibility index (Phi) is 4.20. The average Bonchev–Trinajstić information content (AvgIpc) is 2.75. The molecule has 1 aromatic heterocycles. The van der Waals surface area contributed by atoms with Gasteiger partial charge in [-0.15, -0.1) is 0 Å². The van der Waals surface area contributed by atoms with Crippen LogP contribution in [0.3, 0.4) is 0 Å². The molecule has 74 valence electrons. The first-order valence-electron chi connectivity index (χ1n) is 4.62. The van der Waals surface area contributed by atoms with Crippen molar-refractivity contribution >= 4 is 11.6 Å². The molecule has 14 heavy (non-hydrogen) atoms. The summed E-state index contributed by atoms with van der Waals surface area (Å²) in [5.41, 5.74) is 0.995. The molecule has 0 radical (unpaired) electrons. The lowest BCUT2D eigenvalue weighted by Gasteiger charge is -1.99. The minimum absolute atomic E-state index is 0.654. The highest BCUT2D eigenvalue weighted by molar-refractivity contribution is 5.51. The Morgan fingerprint density at radius 3 is 2.43 bits per heavy atom. The van der Waals surface area contributed by atoms with Crippen LogP contribution >= 0.6 is 0 Å². The molecule has 2 N–H and O–H groups in total. The second kappa shape index (κ2) is 5.75. The van der Waals surface area contributed by atoms with Crippen molar-refractivity contribution in [2.75, 3.05) is 5.32 Å². The number of aromatic amines is 1. The van der Waals surface area contributed by atoms with Crippen molar-refractivity contribution in [3.8, 4) is 0 Å². The Morgan fingerprint density at radius 1 is 1.14 bits per heavy atom. The van der Waals surface area contributed by atoms with E-state index in [2.05, 4.69) is 20.5 Å². The van der Waals surface area contributed by atoms with Crippen LogP contribution in [0, 0.1) is 0 Å². The van der Waals surface area contributed by atoms with Gasteiger partial charge in [0, 0.05) is 5.69 Å². The van der Waals surface area contributed by atoms with E-state index in [1.807, 2.05) is 44.2 Å². The zero-order valence-corrected chi connectivity index (χ0v) is 8.36. The topological polar surface area (TPSA) is 53.6 Å². The lowest BCUT2D eigenvalue weighted by molar-refractivity contribution is 1.09. The third kappa shape index (κ3) is 2.90. The number of hydrogen-bond acceptors (Lipinski definition) is 3. The number of benzene rings is 1. The van der Waals surface area contributed by atoms with Crippen molar-refractivity contribution in [1.82, 2.24) is 15.2 Å². The summed E-state index contributed by atoms with van der Waals surface area (Å²) in [6, 6.07) is 9.80. The molecule has 2 rings (SSSR count). The maximum Gasteiger partial charge on any atom is 0.222 e. The van der Waals surface area contributed by atoms with Gasteiger partial charge in [-0.05, 0) is 12.1 Å². The molecule has 0 aliphatic rings. The van der Waals surface area contributed by atoms with Gasteiger partial charge in [-0.1, -0.05) is 32.0 Å². The molecule has 4 heteroatoms. The molecule has 0 fully saturated rings. The molecule has 0 spiro atoms. The number of rotatable bonds is 2. The van der Waals surface area contributed by atoms with Crippen LogP contribution in [0.25, 0.3) is 0 Å². The Labute approximate surface area is 83.4 Å². The summed E-state index contributed by atoms with van der Waals surface area (Å²) in [4.78, 5) is 3.93. The van der Waals surface area contributed by atoms with Crippen LogP contribution < -0.4 is 5.32 Å². The molecule has 0 saturated carbocycles. The summed E-state index contributed by atoms with van der Waals surface area (Å²) in [5.74, 6) is 0.654. The fourth-order valence-corrected chi connectivity index (χ4v) is 0.924. The lowest BCUT2D eigenvalue weighted by atomic mass is 10.3. The minimum Gasteiger partial charge on any atom is -0.325 e. The van der Waals surface area contributed by atoms with Crippen molar-refractivity contribution in [3.63, 3.8) is 0 Å². The molecule has 1 aromatic carbocycles. The van der Waals surface area contributed by atoms with E-state index >= 15 is 0 Å². The van der Waals surface area contributed by atoms with E-state index in [4.69, 9.17) is 0 Å². The standard InChI is InChI=1S/C8H8N4.C2H6/c1-2-4-7(5-3-1)11-8-9-6-10-12-8;1-2/h1-6H,(H2,9,10,11,12);1-2H3. The molecule has 1 heterocycles. The maximum atomic E-state index is 3.93. The van der Waals surface area contributed by atoms with Gasteiger partial charge >= 0.3 is 0 Å². The molecular formula is C10H14N4. The van der Waals surface area contributed by atoms with Gasteiger partial charge < -0.3 is 5.32 Å². The highest BCUT2D eigenvalue weighted by Gasteiger charge is 1.93. The van der Waals surface area contributed by atoms with Gasteiger partial charge in [0.15, 0.2) is 0 Å². The number of aromatic nitrogens is 3. The van der Waals surface area contributed by atoms with Gasteiger partial charge in [0.1, 0.15) is 6.33 Å². The predicted molar refractivity (Wildman–Crippen MR) is 57.5 cm³/mol. The fraction of sp³-hybridized carbons (Fsp3) is 0.200. The van der Waals surface area contributed by atoms with Crippen LogP contribution in [0.15, 0.2) is 36.7 Å². The first-order chi connectivity index (χ1) is 6.95. The van der Waals surface area contributed by atoms with Gasteiger partial charge in [0.2, 0.25) is 5.95 Å². The number of nitrogens with zero attached hydrogens (tertiary/aromatic N) is 2. The third-order valence-electron chi connectivity index (χ3n) is 1.45. The number of anilines is 2. The monoisotopic (exact) mass is 190 g/mol. The molecule has 0 unspecified atom stereocenters. The Hall–Kier alpha value is -1.84. The second-order valence-electron chi connectivity index (χ2n) is 2.33. The van der Waals surface area contributed by atoms with Crippen LogP contribution in [0.2, 0.25) is 0 Å². The number of hydrogen-bond donors (Lipinski definition) is 2. The van der Waals surface area contributed by atoms with E-state index in [0.717, 1.165) is 5.69 Å². The van der Waals surface area contributed by atoms with Gasteiger partial charge in [-0.2, -0.15) is 10.1 Å². The summed E-state index contributed by atoms with van der Waals surface area (Å²) in [5, 5.41) is 9.49. The molecule has 0 bridgehead atoms. The molecule has 4 nitrogen and oxygen atoms in total. The molecule has 2 aromatic rings. The first-order valence-corrected chi connectivity index (χ1v) is 4.62. The fourth-order valence-electron chi connectivity index (χ4n) is 0.924. The van der Waals surface area contributed by atoms with E-state index < -0.39 is 0 Å². The van der Waals surface area contributed by atoms with Gasteiger partial charge in [-0.3, -0.25) is 0 Å². The second-order valence-corrected chi connectivity index (χ2v) is 2.33. The van der Waals surface area contributed by atoms with E-state index in [1.54, 1.807) is 0 Å². The van der Waals surface area contributed by atoms with Crippen molar-refractivity contribution in [1.29, 1.82) is 0 Å². The highest BCUT2D eigenvalue weighted by Crippen LogP contribution is 2.09. The molecule has 0 aliphatic carbocycles. The van der Waals surface area contributed by atoms with Crippen LogP contribution in [-0.4, -0.2) is 15.2 Å². The summed E-state index contributed by atoms with van der Waals surface area (Å²) < 4.78 is 0. The Bertz CT molecular complexity index is 328. The van der Waals surface area contributed by atoms with Gasteiger partial charge in [0.05, 0.1) is 0 Å². The minimum atomic E-state index is 0.654. The lowest BCUT2D eigenvalue weighted by Crippen LogP contribution is -1.91. The highest BCUT2D eigenvalue weighted by atomic mass is 15.3. The average molecular weight is 190 g/mol. The predicted octanol–water partition coefficient (Wildman–Crippen LogP) is 2.57. The Balaban J connectivity index is 0.000000461. The first kappa shape index (κ1) is 10.2. The number of para-hydroxylation sites is 1. The van der Waals surface area contributed by atoms with Gasteiger partial charge in [0.25, 0.3) is 0 Å². The van der Waals surface area contributed by atoms with E-state index in [9.17, 15) is 0 Å². The summed E-state index contributed by atoms with van der Waals surface area (Å²) in [6.45, 7) is 4.00.